The number of esters is 1. The van der Waals surface area contributed by atoms with Crippen LogP contribution in [0, 0.1) is 0 Å². The molecule has 0 bridgehead atoms. The van der Waals surface area contributed by atoms with Crippen LogP contribution in [0.1, 0.15) is 26.0 Å². The van der Waals surface area contributed by atoms with Gasteiger partial charge in [0.15, 0.2) is 6.23 Å². The number of aromatic nitrogens is 3. The lowest BCUT2D eigenvalue weighted by atomic mass is 10.1. The Labute approximate surface area is 172 Å². The Morgan fingerprint density at radius 3 is 2.97 bits per heavy atom. The third kappa shape index (κ3) is 4.81. The molecular weight excluding hydrogens is 398 g/mol. The number of carbonyl (C=O) groups is 1. The first-order valence-corrected chi connectivity index (χ1v) is 10.7. The number of anilines is 1. The minimum Gasteiger partial charge on any atom is -0.465 e. The minimum absolute atomic E-state index is 0.336. The zero-order chi connectivity index (χ0) is 21.0. The topological polar surface area (TPSA) is 159 Å². The van der Waals surface area contributed by atoms with Crippen LogP contribution in [0.2, 0.25) is 0 Å². The summed E-state index contributed by atoms with van der Waals surface area (Å²) in [6.07, 6.45) is 0.740. The predicted octanol–water partition coefficient (Wildman–Crippen LogP) is 0.0365. The smallest absolute Gasteiger partial charge is 0.322 e. The normalized spacial score (nSPS) is 25.4. The molecule has 2 aromatic heterocycles. The summed E-state index contributed by atoms with van der Waals surface area (Å²) in [7, 11) is 0. The highest BCUT2D eigenvalue weighted by Gasteiger charge is 2.43. The Morgan fingerprint density at radius 1 is 1.41 bits per heavy atom. The molecule has 0 saturated carbocycles. The highest BCUT2D eigenvalue weighted by atomic mass is 32.2. The standard InChI is InChI=1S/C18H27N5O5S/c1-2-6-27-18(26)11(19)4-7-29-8-12-13(24)14(25)17(28-12)23-5-3-10-15(20)21-9-22-16(10)23/h3,5,9,11-14,17,24-25H,2,4,6-8,19H2,1H3,(H2,20,21,22)/t11?,12-,13-,14-,17-/m1/s1. The van der Waals surface area contributed by atoms with E-state index in [2.05, 4.69) is 9.97 Å². The van der Waals surface area contributed by atoms with Crippen molar-refractivity contribution in [3.63, 3.8) is 0 Å². The van der Waals surface area contributed by atoms with Gasteiger partial charge in [-0.3, -0.25) is 4.79 Å². The van der Waals surface area contributed by atoms with Gasteiger partial charge in [-0.25, -0.2) is 9.97 Å². The largest absolute Gasteiger partial charge is 0.465 e. The van der Waals surface area contributed by atoms with E-state index in [1.165, 1.54) is 18.1 Å². The molecular formula is C18H27N5O5S. The number of hydrogen-bond acceptors (Lipinski definition) is 10. The van der Waals surface area contributed by atoms with Crippen LogP contribution >= 0.6 is 11.8 Å². The number of carbonyl (C=O) groups excluding carboxylic acids is 1. The Kier molecular flexibility index (Phi) is 7.30. The second kappa shape index (κ2) is 9.72. The number of nitrogens with two attached hydrogens (primary N) is 2. The van der Waals surface area contributed by atoms with Gasteiger partial charge in [-0.1, -0.05) is 6.92 Å². The molecule has 0 aromatic carbocycles. The summed E-state index contributed by atoms with van der Waals surface area (Å²) in [5, 5.41) is 21.5. The first-order chi connectivity index (χ1) is 13.9. The van der Waals surface area contributed by atoms with Crippen molar-refractivity contribution in [2.45, 2.75) is 50.3 Å². The van der Waals surface area contributed by atoms with Crippen molar-refractivity contribution < 1.29 is 24.5 Å². The van der Waals surface area contributed by atoms with Gasteiger partial charge < -0.3 is 35.7 Å². The zero-order valence-corrected chi connectivity index (χ0v) is 17.0. The Balaban J connectivity index is 1.53. The molecule has 0 radical (unpaired) electrons. The molecule has 3 rings (SSSR count). The van der Waals surface area contributed by atoms with Gasteiger partial charge in [0.05, 0.1) is 18.1 Å². The number of aliphatic hydroxyl groups excluding tert-OH is 2. The molecule has 1 saturated heterocycles. The first kappa shape index (κ1) is 21.8. The van der Waals surface area contributed by atoms with Crippen LogP contribution in [0.3, 0.4) is 0 Å². The van der Waals surface area contributed by atoms with Crippen molar-refractivity contribution in [2.24, 2.45) is 5.73 Å². The second-order valence-electron chi connectivity index (χ2n) is 6.90. The fourth-order valence-electron chi connectivity index (χ4n) is 3.13. The van der Waals surface area contributed by atoms with Crippen molar-refractivity contribution >= 4 is 34.6 Å². The summed E-state index contributed by atoms with van der Waals surface area (Å²) in [5.74, 6) is 0.983. The molecule has 0 aliphatic carbocycles. The van der Waals surface area contributed by atoms with Gasteiger partial charge in [0.25, 0.3) is 0 Å². The SMILES string of the molecule is CCCOC(=O)C(N)CCSC[C@H]1O[C@@H](n2ccc3c(N)ncnc32)[C@H](O)[C@@H]1O. The molecule has 1 aliphatic rings. The minimum atomic E-state index is -1.11. The van der Waals surface area contributed by atoms with E-state index in [1.54, 1.807) is 16.8 Å². The average molecular weight is 426 g/mol. The number of hydrogen-bond donors (Lipinski definition) is 4. The number of nitrogens with zero attached hydrogens (tertiary/aromatic N) is 3. The summed E-state index contributed by atoms with van der Waals surface area (Å²) >= 11 is 1.49. The van der Waals surface area contributed by atoms with Gasteiger partial charge in [0.1, 0.15) is 36.0 Å². The molecule has 160 valence electrons. The molecule has 1 fully saturated rings. The van der Waals surface area contributed by atoms with Crippen LogP contribution in [-0.4, -0.2) is 73.2 Å². The molecule has 1 unspecified atom stereocenters. The Morgan fingerprint density at radius 2 is 2.21 bits per heavy atom. The van der Waals surface area contributed by atoms with Crippen LogP contribution in [-0.2, 0) is 14.3 Å². The van der Waals surface area contributed by atoms with Gasteiger partial charge in [0, 0.05) is 11.9 Å². The van der Waals surface area contributed by atoms with E-state index >= 15 is 0 Å². The third-order valence-electron chi connectivity index (χ3n) is 4.76. The third-order valence-corrected chi connectivity index (χ3v) is 5.85. The van der Waals surface area contributed by atoms with Crippen molar-refractivity contribution in [1.29, 1.82) is 0 Å². The molecule has 0 amide bonds. The lowest BCUT2D eigenvalue weighted by molar-refractivity contribution is -0.145. The van der Waals surface area contributed by atoms with E-state index in [-0.39, 0.29) is 0 Å². The first-order valence-electron chi connectivity index (χ1n) is 9.52. The van der Waals surface area contributed by atoms with Crippen LogP contribution in [0.5, 0.6) is 0 Å². The van der Waals surface area contributed by atoms with Crippen molar-refractivity contribution in [1.82, 2.24) is 14.5 Å². The van der Waals surface area contributed by atoms with Crippen LogP contribution < -0.4 is 11.5 Å². The summed E-state index contributed by atoms with van der Waals surface area (Å²) in [5.41, 5.74) is 12.2. The van der Waals surface area contributed by atoms with Gasteiger partial charge in [-0.05, 0) is 24.7 Å². The van der Waals surface area contributed by atoms with Crippen LogP contribution in [0.4, 0.5) is 5.82 Å². The molecule has 5 atom stereocenters. The number of ether oxygens (including phenoxy) is 2. The highest BCUT2D eigenvalue weighted by molar-refractivity contribution is 7.99. The fourth-order valence-corrected chi connectivity index (χ4v) is 4.23. The fraction of sp³-hybridized carbons (Fsp3) is 0.611. The molecule has 11 heteroatoms. The number of nitrogen functional groups attached to an aromatic ring is 1. The maximum atomic E-state index is 11.7. The quantitative estimate of drug-likeness (QED) is 0.319. The lowest BCUT2D eigenvalue weighted by Crippen LogP contribution is -2.34. The van der Waals surface area contributed by atoms with Crippen LogP contribution in [0.15, 0.2) is 18.6 Å². The van der Waals surface area contributed by atoms with Gasteiger partial charge >= 0.3 is 5.97 Å². The molecule has 0 spiro atoms. The predicted molar refractivity (Wildman–Crippen MR) is 109 cm³/mol. The van der Waals surface area contributed by atoms with Gasteiger partial charge in [-0.2, -0.15) is 11.8 Å². The molecule has 10 nitrogen and oxygen atoms in total. The van der Waals surface area contributed by atoms with Crippen molar-refractivity contribution in [3.05, 3.63) is 18.6 Å². The molecule has 6 N–H and O–H groups in total. The van der Waals surface area contributed by atoms with E-state index in [1.807, 2.05) is 6.92 Å². The van der Waals surface area contributed by atoms with E-state index in [0.717, 1.165) is 6.42 Å². The maximum absolute atomic E-state index is 11.7. The number of fused-ring (bicyclic) bond motifs is 1. The summed E-state index contributed by atoms with van der Waals surface area (Å²) in [4.78, 5) is 19.8. The van der Waals surface area contributed by atoms with Gasteiger partial charge in [-0.15, -0.1) is 0 Å². The molecule has 2 aromatic rings. The summed E-state index contributed by atoms with van der Waals surface area (Å²) in [6.45, 7) is 2.29. The number of thioether (sulfide) groups is 1. The van der Waals surface area contributed by atoms with Gasteiger partial charge in [0.2, 0.25) is 0 Å². The van der Waals surface area contributed by atoms with E-state index in [9.17, 15) is 15.0 Å². The van der Waals surface area contributed by atoms with Crippen LogP contribution in [0.25, 0.3) is 11.0 Å². The maximum Gasteiger partial charge on any atom is 0.322 e. The Bertz CT molecular complexity index is 834. The molecule has 29 heavy (non-hydrogen) atoms. The number of aliphatic hydroxyl groups is 2. The molecule has 3 heterocycles. The highest BCUT2D eigenvalue weighted by Crippen LogP contribution is 2.34. The van der Waals surface area contributed by atoms with E-state index in [0.29, 0.717) is 41.4 Å². The van der Waals surface area contributed by atoms with E-state index < -0.39 is 36.6 Å². The summed E-state index contributed by atoms with van der Waals surface area (Å²) < 4.78 is 12.6. The lowest BCUT2D eigenvalue weighted by Gasteiger charge is -2.17. The van der Waals surface area contributed by atoms with Crippen molar-refractivity contribution in [3.8, 4) is 0 Å². The second-order valence-corrected chi connectivity index (χ2v) is 8.05. The zero-order valence-electron chi connectivity index (χ0n) is 16.2. The summed E-state index contributed by atoms with van der Waals surface area (Å²) in [6, 6.07) is 1.08. The Hall–Kier alpha value is -1.92. The van der Waals surface area contributed by atoms with Crippen molar-refractivity contribution in [2.75, 3.05) is 23.8 Å². The number of rotatable bonds is 9. The monoisotopic (exact) mass is 425 g/mol. The average Bonchev–Trinajstić information content (AvgIpc) is 3.26. The molecule has 1 aliphatic heterocycles. The van der Waals surface area contributed by atoms with E-state index in [4.69, 9.17) is 20.9 Å².